The summed E-state index contributed by atoms with van der Waals surface area (Å²) in [5.41, 5.74) is 2.34. The predicted octanol–water partition coefficient (Wildman–Crippen LogP) is 3.96. The molecule has 0 fully saturated rings. The Morgan fingerprint density at radius 3 is 2.12 bits per heavy atom. The third-order valence-corrected chi connectivity index (χ3v) is 2.72. The standard InChI is InChI=1S/C14H13OS/c16-11-13-7-5-4-6-12(13)10-15-14-8-2-1-3-9-14/h1-9H,10-11H2. The van der Waals surface area contributed by atoms with Crippen molar-refractivity contribution < 1.29 is 4.74 Å². The zero-order chi connectivity index (χ0) is 11.2. The van der Waals surface area contributed by atoms with Gasteiger partial charge in [0, 0.05) is 5.75 Å². The Morgan fingerprint density at radius 1 is 0.812 bits per heavy atom. The molecule has 0 N–H and O–H groups in total. The second-order valence-electron chi connectivity index (χ2n) is 3.51. The maximum Gasteiger partial charge on any atom is 0.119 e. The minimum Gasteiger partial charge on any atom is -0.489 e. The van der Waals surface area contributed by atoms with Crippen LogP contribution in [0.4, 0.5) is 0 Å². The molecule has 2 rings (SSSR count). The molecule has 1 radical (unpaired) electrons. The third kappa shape index (κ3) is 2.80. The van der Waals surface area contributed by atoms with Crippen LogP contribution >= 0.6 is 12.6 Å². The van der Waals surface area contributed by atoms with Gasteiger partial charge in [0.2, 0.25) is 0 Å². The normalized spacial score (nSPS) is 10.1. The summed E-state index contributed by atoms with van der Waals surface area (Å²) >= 11 is 5.08. The average Bonchev–Trinajstić information content (AvgIpc) is 2.38. The van der Waals surface area contributed by atoms with E-state index < -0.39 is 0 Å². The Labute approximate surface area is 101 Å². The monoisotopic (exact) mass is 229 g/mol. The number of ether oxygens (including phenoxy) is 1. The van der Waals surface area contributed by atoms with E-state index in [4.69, 9.17) is 17.4 Å². The van der Waals surface area contributed by atoms with E-state index in [0.29, 0.717) is 12.4 Å². The molecule has 0 aliphatic heterocycles. The van der Waals surface area contributed by atoms with Crippen molar-refractivity contribution in [3.05, 3.63) is 65.7 Å². The first kappa shape index (κ1) is 11.1. The lowest BCUT2D eigenvalue weighted by Gasteiger charge is -2.09. The maximum absolute atomic E-state index is 5.69. The van der Waals surface area contributed by atoms with Gasteiger partial charge in [-0.05, 0) is 23.3 Å². The van der Waals surface area contributed by atoms with Crippen molar-refractivity contribution in [3.63, 3.8) is 0 Å². The summed E-state index contributed by atoms with van der Waals surface area (Å²) in [7, 11) is 0. The average molecular weight is 229 g/mol. The molecule has 2 heteroatoms. The SMILES string of the molecule is [S]Cc1ccccc1COc1ccccc1. The Bertz CT molecular complexity index is 439. The minimum atomic E-state index is 0.580. The van der Waals surface area contributed by atoms with E-state index in [1.54, 1.807) is 0 Å². The molecule has 0 bridgehead atoms. The van der Waals surface area contributed by atoms with Gasteiger partial charge in [0.1, 0.15) is 12.4 Å². The zero-order valence-corrected chi connectivity index (χ0v) is 9.74. The summed E-state index contributed by atoms with van der Waals surface area (Å²) in [5.74, 6) is 1.52. The highest BCUT2D eigenvalue weighted by atomic mass is 32.1. The van der Waals surface area contributed by atoms with Crippen LogP contribution in [-0.4, -0.2) is 0 Å². The Hall–Kier alpha value is -1.41. The summed E-state index contributed by atoms with van der Waals surface area (Å²) in [6.45, 7) is 0.580. The fraction of sp³-hybridized carbons (Fsp3) is 0.143. The lowest BCUT2D eigenvalue weighted by molar-refractivity contribution is 0.305. The van der Waals surface area contributed by atoms with Crippen LogP contribution < -0.4 is 4.74 Å². The van der Waals surface area contributed by atoms with Crippen LogP contribution in [0.1, 0.15) is 11.1 Å². The Balaban J connectivity index is 2.05. The molecule has 0 saturated heterocycles. The van der Waals surface area contributed by atoms with Crippen molar-refractivity contribution in [2.24, 2.45) is 0 Å². The van der Waals surface area contributed by atoms with Gasteiger partial charge in [-0.1, -0.05) is 55.1 Å². The molecule has 2 aromatic rings. The Kier molecular flexibility index (Phi) is 3.89. The summed E-state index contributed by atoms with van der Waals surface area (Å²) in [6, 6.07) is 18.0. The third-order valence-electron chi connectivity index (χ3n) is 2.41. The molecule has 2 aromatic carbocycles. The van der Waals surface area contributed by atoms with E-state index in [-0.39, 0.29) is 0 Å². The van der Waals surface area contributed by atoms with Gasteiger partial charge in [0.15, 0.2) is 0 Å². The zero-order valence-electron chi connectivity index (χ0n) is 8.93. The molecule has 0 heterocycles. The molecule has 0 aromatic heterocycles. The van der Waals surface area contributed by atoms with Crippen molar-refractivity contribution >= 4 is 12.6 Å². The van der Waals surface area contributed by atoms with Crippen LogP contribution in [0.25, 0.3) is 0 Å². The topological polar surface area (TPSA) is 9.23 Å². The first-order valence-electron chi connectivity index (χ1n) is 5.23. The second-order valence-corrected chi connectivity index (χ2v) is 3.80. The van der Waals surface area contributed by atoms with Crippen LogP contribution in [0.3, 0.4) is 0 Å². The van der Waals surface area contributed by atoms with Gasteiger partial charge in [-0.3, -0.25) is 0 Å². The highest BCUT2D eigenvalue weighted by Gasteiger charge is 2.00. The van der Waals surface area contributed by atoms with Gasteiger partial charge < -0.3 is 4.74 Å². The molecule has 0 unspecified atom stereocenters. The first-order valence-corrected chi connectivity index (χ1v) is 5.80. The van der Waals surface area contributed by atoms with Gasteiger partial charge in [-0.15, -0.1) is 0 Å². The van der Waals surface area contributed by atoms with Gasteiger partial charge in [0.25, 0.3) is 0 Å². The summed E-state index contributed by atoms with van der Waals surface area (Å²) < 4.78 is 5.69. The number of benzene rings is 2. The number of hydrogen-bond donors (Lipinski definition) is 0. The fourth-order valence-electron chi connectivity index (χ4n) is 1.52. The number of para-hydroxylation sites is 1. The van der Waals surface area contributed by atoms with E-state index in [0.717, 1.165) is 5.75 Å². The molecular weight excluding hydrogens is 216 g/mol. The number of hydrogen-bond acceptors (Lipinski definition) is 1. The van der Waals surface area contributed by atoms with E-state index in [9.17, 15) is 0 Å². The van der Waals surface area contributed by atoms with Gasteiger partial charge in [-0.2, -0.15) is 0 Å². The molecule has 1 nitrogen and oxygen atoms in total. The van der Waals surface area contributed by atoms with Crippen LogP contribution in [-0.2, 0) is 12.4 Å². The van der Waals surface area contributed by atoms with Crippen molar-refractivity contribution in [2.45, 2.75) is 12.4 Å². The highest BCUT2D eigenvalue weighted by Crippen LogP contribution is 2.15. The van der Waals surface area contributed by atoms with Crippen molar-refractivity contribution in [3.8, 4) is 5.75 Å². The molecule has 0 aliphatic carbocycles. The summed E-state index contributed by atoms with van der Waals surface area (Å²) in [4.78, 5) is 0. The Morgan fingerprint density at radius 2 is 1.44 bits per heavy atom. The van der Waals surface area contributed by atoms with E-state index in [1.165, 1.54) is 11.1 Å². The van der Waals surface area contributed by atoms with Gasteiger partial charge >= 0.3 is 0 Å². The molecule has 0 spiro atoms. The molecule has 0 amide bonds. The van der Waals surface area contributed by atoms with Crippen LogP contribution in [0.2, 0.25) is 0 Å². The second kappa shape index (κ2) is 5.61. The lowest BCUT2D eigenvalue weighted by atomic mass is 10.1. The van der Waals surface area contributed by atoms with Gasteiger partial charge in [0.05, 0.1) is 0 Å². The molecule has 16 heavy (non-hydrogen) atoms. The molecule has 0 saturated carbocycles. The van der Waals surface area contributed by atoms with E-state index >= 15 is 0 Å². The van der Waals surface area contributed by atoms with Crippen LogP contribution in [0.5, 0.6) is 5.75 Å². The quantitative estimate of drug-likeness (QED) is 0.771. The fourth-order valence-corrected chi connectivity index (χ4v) is 1.80. The summed E-state index contributed by atoms with van der Waals surface area (Å²) in [5, 5.41) is 0. The molecule has 81 valence electrons. The number of rotatable bonds is 4. The van der Waals surface area contributed by atoms with E-state index in [1.807, 2.05) is 42.5 Å². The largest absolute Gasteiger partial charge is 0.489 e. The van der Waals surface area contributed by atoms with Crippen LogP contribution in [0.15, 0.2) is 54.6 Å². The smallest absolute Gasteiger partial charge is 0.119 e. The van der Waals surface area contributed by atoms with Crippen molar-refractivity contribution in [1.82, 2.24) is 0 Å². The molecule has 0 aliphatic rings. The molecular formula is C14H13OS. The maximum atomic E-state index is 5.69. The first-order chi connectivity index (χ1) is 7.90. The minimum absolute atomic E-state index is 0.580. The highest BCUT2D eigenvalue weighted by molar-refractivity contribution is 7.79. The molecule has 0 atom stereocenters. The predicted molar refractivity (Wildman–Crippen MR) is 68.5 cm³/mol. The van der Waals surface area contributed by atoms with Crippen LogP contribution in [0, 0.1) is 0 Å². The van der Waals surface area contributed by atoms with E-state index in [2.05, 4.69) is 12.1 Å². The van der Waals surface area contributed by atoms with Crippen molar-refractivity contribution in [2.75, 3.05) is 0 Å². The lowest BCUT2D eigenvalue weighted by Crippen LogP contribution is -1.98. The van der Waals surface area contributed by atoms with Gasteiger partial charge in [-0.25, -0.2) is 0 Å². The van der Waals surface area contributed by atoms with Crippen molar-refractivity contribution in [1.29, 1.82) is 0 Å². The summed E-state index contributed by atoms with van der Waals surface area (Å²) in [6.07, 6.45) is 0.